The van der Waals surface area contributed by atoms with E-state index in [0.29, 0.717) is 12.3 Å². The summed E-state index contributed by atoms with van der Waals surface area (Å²) in [5.41, 5.74) is 3.33. The number of non-ortho nitro benzene ring substituents is 1. The lowest BCUT2D eigenvalue weighted by Crippen LogP contribution is -2.29. The zero-order chi connectivity index (χ0) is 21.4. The van der Waals surface area contributed by atoms with Crippen LogP contribution >= 0.6 is 0 Å². The van der Waals surface area contributed by atoms with E-state index in [1.54, 1.807) is 6.07 Å². The van der Waals surface area contributed by atoms with Crippen LogP contribution in [0.2, 0.25) is 0 Å². The molecule has 6 heteroatoms. The van der Waals surface area contributed by atoms with Crippen molar-refractivity contribution < 1.29 is 14.8 Å². The Kier molecular flexibility index (Phi) is 4.82. The number of anilines is 1. The fourth-order valence-corrected chi connectivity index (χ4v) is 4.68. The molecular formula is C25H22N2O4. The van der Waals surface area contributed by atoms with Gasteiger partial charge in [-0.25, -0.2) is 0 Å². The first-order valence-electron chi connectivity index (χ1n) is 10.3. The topological polar surface area (TPSA) is 84.6 Å². The van der Waals surface area contributed by atoms with E-state index in [9.17, 15) is 15.2 Å². The highest BCUT2D eigenvalue weighted by Crippen LogP contribution is 2.54. The van der Waals surface area contributed by atoms with Crippen LogP contribution < -0.4 is 10.1 Å². The maximum Gasteiger partial charge on any atom is 0.273 e. The number of rotatable bonds is 5. The van der Waals surface area contributed by atoms with Crippen molar-refractivity contribution in [3.05, 3.63) is 106 Å². The fourth-order valence-electron chi connectivity index (χ4n) is 4.68. The molecule has 0 bridgehead atoms. The molecule has 2 N–H and O–H groups in total. The highest BCUT2D eigenvalue weighted by molar-refractivity contribution is 5.70. The first-order chi connectivity index (χ1) is 15.1. The molecule has 31 heavy (non-hydrogen) atoms. The van der Waals surface area contributed by atoms with E-state index in [0.717, 1.165) is 28.9 Å². The number of nitro groups is 1. The molecule has 0 saturated carbocycles. The molecular weight excluding hydrogens is 392 g/mol. The lowest BCUT2D eigenvalue weighted by Gasteiger charge is -2.38. The Balaban J connectivity index is 1.50. The quantitative estimate of drug-likeness (QED) is 0.242. The largest absolute Gasteiger partial charge is 0.506 e. The van der Waals surface area contributed by atoms with Crippen LogP contribution in [0.5, 0.6) is 11.5 Å². The molecule has 0 spiro atoms. The number of allylic oxidation sites excluding steroid dienone is 2. The molecule has 156 valence electrons. The summed E-state index contributed by atoms with van der Waals surface area (Å²) in [6.45, 7) is 0.463. The molecule has 0 radical (unpaired) electrons. The number of benzene rings is 3. The number of nitro benzene ring substituents is 1. The van der Waals surface area contributed by atoms with E-state index in [1.165, 1.54) is 6.07 Å². The first kappa shape index (κ1) is 19.2. The van der Waals surface area contributed by atoms with Gasteiger partial charge in [-0.05, 0) is 29.5 Å². The predicted octanol–water partition coefficient (Wildman–Crippen LogP) is 5.71. The van der Waals surface area contributed by atoms with E-state index >= 15 is 0 Å². The summed E-state index contributed by atoms with van der Waals surface area (Å²) >= 11 is 0. The molecule has 0 aromatic heterocycles. The van der Waals surface area contributed by atoms with Gasteiger partial charge in [0, 0.05) is 17.5 Å². The minimum atomic E-state index is -0.466. The van der Waals surface area contributed by atoms with E-state index in [2.05, 4.69) is 17.5 Å². The first-order valence-corrected chi connectivity index (χ1v) is 10.3. The van der Waals surface area contributed by atoms with Gasteiger partial charge in [-0.1, -0.05) is 60.7 Å². The maximum absolute atomic E-state index is 11.3. The lowest BCUT2D eigenvalue weighted by molar-refractivity contribution is -0.385. The second kappa shape index (κ2) is 7.80. The molecule has 3 unspecified atom stereocenters. The van der Waals surface area contributed by atoms with E-state index < -0.39 is 4.92 Å². The third kappa shape index (κ3) is 3.50. The second-order valence-corrected chi connectivity index (χ2v) is 7.97. The van der Waals surface area contributed by atoms with Gasteiger partial charge in [0.15, 0.2) is 0 Å². The number of para-hydroxylation sites is 1. The number of phenols is 1. The third-order valence-electron chi connectivity index (χ3n) is 6.13. The van der Waals surface area contributed by atoms with Crippen LogP contribution in [0.4, 0.5) is 11.4 Å². The maximum atomic E-state index is 11.3. The SMILES string of the molecule is O=[N+]([O-])c1cc(O)c2c(c1)C1C=CCC1C(c1ccccc1OCc1ccccc1)N2. The molecule has 3 aromatic rings. The number of nitrogens with one attached hydrogen (secondary N) is 1. The van der Waals surface area contributed by atoms with Gasteiger partial charge in [-0.2, -0.15) is 0 Å². The van der Waals surface area contributed by atoms with Crippen molar-refractivity contribution in [3.63, 3.8) is 0 Å². The molecule has 6 nitrogen and oxygen atoms in total. The van der Waals surface area contributed by atoms with Gasteiger partial charge >= 0.3 is 0 Å². The van der Waals surface area contributed by atoms with Crippen LogP contribution in [0, 0.1) is 16.0 Å². The molecule has 1 aliphatic heterocycles. The van der Waals surface area contributed by atoms with E-state index in [4.69, 9.17) is 4.74 Å². The van der Waals surface area contributed by atoms with Crippen molar-refractivity contribution in [2.45, 2.75) is 25.0 Å². The molecule has 2 aliphatic rings. The summed E-state index contributed by atoms with van der Waals surface area (Å²) in [4.78, 5) is 10.8. The van der Waals surface area contributed by atoms with Crippen LogP contribution in [-0.2, 0) is 6.61 Å². The van der Waals surface area contributed by atoms with Gasteiger partial charge in [0.2, 0.25) is 0 Å². The number of hydrogen-bond acceptors (Lipinski definition) is 5. The lowest BCUT2D eigenvalue weighted by atomic mass is 9.76. The summed E-state index contributed by atoms with van der Waals surface area (Å²) in [6, 6.07) is 20.6. The molecule has 0 amide bonds. The number of hydrogen-bond donors (Lipinski definition) is 2. The van der Waals surface area contributed by atoms with Crippen molar-refractivity contribution in [1.82, 2.24) is 0 Å². The van der Waals surface area contributed by atoms with Crippen molar-refractivity contribution in [2.75, 3.05) is 5.32 Å². The summed E-state index contributed by atoms with van der Waals surface area (Å²) < 4.78 is 6.18. The Hall–Kier alpha value is -3.80. The minimum absolute atomic E-state index is 0.00534. The molecule has 1 heterocycles. The Bertz CT molecular complexity index is 1160. The standard InChI is InChI=1S/C25H22N2O4/c28-22-14-17(27(29)30)13-21-18-10-6-11-19(18)24(26-25(21)22)20-9-4-5-12-23(20)31-15-16-7-2-1-3-8-16/h1-10,12-14,18-19,24,26,28H,11,15H2. The summed E-state index contributed by atoms with van der Waals surface area (Å²) in [6.07, 6.45) is 5.05. The van der Waals surface area contributed by atoms with Crippen LogP contribution in [0.1, 0.15) is 35.1 Å². The van der Waals surface area contributed by atoms with Crippen molar-refractivity contribution in [2.24, 2.45) is 5.92 Å². The molecule has 3 atom stereocenters. The van der Waals surface area contributed by atoms with Gasteiger partial charge in [-0.3, -0.25) is 10.1 Å². The van der Waals surface area contributed by atoms with E-state index in [1.807, 2.05) is 54.6 Å². The van der Waals surface area contributed by atoms with Crippen LogP contribution in [0.3, 0.4) is 0 Å². The number of phenolic OH excluding ortho intramolecular Hbond substituents is 1. The Labute approximate surface area is 180 Å². The van der Waals surface area contributed by atoms with Crippen LogP contribution in [0.25, 0.3) is 0 Å². The number of nitrogens with zero attached hydrogens (tertiary/aromatic N) is 1. The number of aromatic hydroxyl groups is 1. The molecule has 0 fully saturated rings. The normalized spacial score (nSPS) is 21.1. The average molecular weight is 414 g/mol. The predicted molar refractivity (Wildman–Crippen MR) is 118 cm³/mol. The summed E-state index contributed by atoms with van der Waals surface area (Å²) in [7, 11) is 0. The monoisotopic (exact) mass is 414 g/mol. The molecule has 3 aromatic carbocycles. The van der Waals surface area contributed by atoms with Crippen LogP contribution in [0.15, 0.2) is 78.9 Å². The second-order valence-electron chi connectivity index (χ2n) is 7.97. The summed E-state index contributed by atoms with van der Waals surface area (Å²) in [5, 5.41) is 25.3. The summed E-state index contributed by atoms with van der Waals surface area (Å²) in [5.74, 6) is 0.861. The molecule has 1 aliphatic carbocycles. The van der Waals surface area contributed by atoms with Gasteiger partial charge in [0.25, 0.3) is 5.69 Å². The number of ether oxygens (including phenoxy) is 1. The smallest absolute Gasteiger partial charge is 0.273 e. The third-order valence-corrected chi connectivity index (χ3v) is 6.13. The van der Waals surface area contributed by atoms with Crippen molar-refractivity contribution in [1.29, 1.82) is 0 Å². The van der Waals surface area contributed by atoms with Gasteiger partial charge in [-0.15, -0.1) is 0 Å². The Morgan fingerprint density at radius 1 is 1.06 bits per heavy atom. The Morgan fingerprint density at radius 2 is 1.84 bits per heavy atom. The van der Waals surface area contributed by atoms with Crippen molar-refractivity contribution in [3.8, 4) is 11.5 Å². The molecule has 5 rings (SSSR count). The molecule has 0 saturated heterocycles. The van der Waals surface area contributed by atoms with Crippen molar-refractivity contribution >= 4 is 11.4 Å². The van der Waals surface area contributed by atoms with Gasteiger partial charge in [0.1, 0.15) is 18.1 Å². The van der Waals surface area contributed by atoms with E-state index in [-0.39, 0.29) is 29.3 Å². The highest BCUT2D eigenvalue weighted by atomic mass is 16.6. The average Bonchev–Trinajstić information content (AvgIpc) is 3.28. The zero-order valence-electron chi connectivity index (χ0n) is 16.8. The number of fused-ring (bicyclic) bond motifs is 3. The van der Waals surface area contributed by atoms with Gasteiger partial charge in [0.05, 0.1) is 22.7 Å². The highest BCUT2D eigenvalue weighted by Gasteiger charge is 2.40. The van der Waals surface area contributed by atoms with Crippen LogP contribution in [-0.4, -0.2) is 10.0 Å². The minimum Gasteiger partial charge on any atom is -0.506 e. The zero-order valence-corrected chi connectivity index (χ0v) is 16.8. The fraction of sp³-hybridized carbons (Fsp3) is 0.200. The van der Waals surface area contributed by atoms with Gasteiger partial charge < -0.3 is 15.2 Å². The Morgan fingerprint density at radius 3 is 2.65 bits per heavy atom.